The Kier molecular flexibility index (Phi) is 5.14. The first-order chi connectivity index (χ1) is 7.70. The van der Waals surface area contributed by atoms with Gasteiger partial charge in [0.25, 0.3) is 0 Å². The van der Waals surface area contributed by atoms with E-state index in [0.717, 1.165) is 0 Å². The van der Waals surface area contributed by atoms with E-state index in [1.54, 1.807) is 0 Å². The Morgan fingerprint density at radius 2 is 1.67 bits per heavy atom. The summed E-state index contributed by atoms with van der Waals surface area (Å²) >= 11 is 2.21. The average molecular weight is 315 g/mol. The molecule has 0 amide bonds. The number of rotatable bonds is 0. The van der Waals surface area contributed by atoms with Crippen molar-refractivity contribution in [1.82, 2.24) is 0 Å². The first-order valence-electron chi connectivity index (χ1n) is 5.72. The zero-order chi connectivity index (χ0) is 11.3. The van der Waals surface area contributed by atoms with Crippen molar-refractivity contribution < 1.29 is 45.5 Å². The summed E-state index contributed by atoms with van der Waals surface area (Å²) in [5.41, 5.74) is 2.92. The molecular weight excluding hydrogens is 301 g/mol. The predicted molar refractivity (Wildman–Crippen MR) is 64.3 cm³/mol. The number of halogens is 2. The van der Waals surface area contributed by atoms with Crippen molar-refractivity contribution in [3.63, 3.8) is 0 Å². The summed E-state index contributed by atoms with van der Waals surface area (Å²) in [4.78, 5) is 0. The van der Waals surface area contributed by atoms with Gasteiger partial charge in [-0.2, -0.15) is 0 Å². The van der Waals surface area contributed by atoms with Crippen molar-refractivity contribution in [2.75, 3.05) is 3.38 Å². The molecule has 0 radical (unpaired) electrons. The largest absolute Gasteiger partial charge is 1.00 e. The Labute approximate surface area is 132 Å². The summed E-state index contributed by atoms with van der Waals surface area (Å²) in [5.74, 6) is 0.629. The molecular formula is C14H14Cl2NTi. The van der Waals surface area contributed by atoms with Crippen molar-refractivity contribution in [2.24, 2.45) is 0 Å². The fourth-order valence-electron chi connectivity index (χ4n) is 2.60. The van der Waals surface area contributed by atoms with Gasteiger partial charge in [0.15, 0.2) is 0 Å². The van der Waals surface area contributed by atoms with Crippen molar-refractivity contribution in [2.45, 2.75) is 25.8 Å². The van der Waals surface area contributed by atoms with E-state index in [4.69, 9.17) is 0 Å². The zero-order valence-electron chi connectivity index (χ0n) is 10.3. The summed E-state index contributed by atoms with van der Waals surface area (Å²) in [5, 5.41) is 2.73. The maximum Gasteiger partial charge on any atom is -1.00 e. The Morgan fingerprint density at radius 1 is 1.00 bits per heavy atom. The molecule has 2 atom stereocenters. The fraction of sp³-hybridized carbons (Fsp3) is 0.286. The van der Waals surface area contributed by atoms with Crippen LogP contribution in [0.25, 0.3) is 10.8 Å². The van der Waals surface area contributed by atoms with Gasteiger partial charge in [-0.15, -0.1) is 0 Å². The number of benzene rings is 2. The van der Waals surface area contributed by atoms with Crippen LogP contribution in [-0.2, 0) is 20.7 Å². The smallest absolute Gasteiger partial charge is 1.00 e. The Bertz CT molecular complexity index is 558. The molecule has 1 heterocycles. The summed E-state index contributed by atoms with van der Waals surface area (Å²) in [6, 6.07) is 13.8. The summed E-state index contributed by atoms with van der Waals surface area (Å²) in [6.45, 7) is 4.63. The maximum atomic E-state index is 2.42. The molecule has 0 fully saturated rings. The van der Waals surface area contributed by atoms with Crippen molar-refractivity contribution >= 4 is 16.5 Å². The summed E-state index contributed by atoms with van der Waals surface area (Å²) in [6.07, 6.45) is 0. The zero-order valence-corrected chi connectivity index (χ0v) is 13.4. The van der Waals surface area contributed by atoms with Gasteiger partial charge in [-0.25, -0.2) is 0 Å². The number of hydrogen-bond acceptors (Lipinski definition) is 1. The van der Waals surface area contributed by atoms with Gasteiger partial charge in [-0.1, -0.05) is 0 Å². The second-order valence-corrected chi connectivity index (χ2v) is 5.38. The summed E-state index contributed by atoms with van der Waals surface area (Å²) < 4.78 is 2.42. The van der Waals surface area contributed by atoms with Gasteiger partial charge in [0.2, 0.25) is 0 Å². The van der Waals surface area contributed by atoms with Crippen LogP contribution in [0.15, 0.2) is 36.4 Å². The van der Waals surface area contributed by atoms with Gasteiger partial charge in [-0.05, 0) is 0 Å². The second-order valence-electron chi connectivity index (χ2n) is 4.62. The molecule has 0 aromatic heterocycles. The molecule has 1 nitrogen and oxygen atoms in total. The predicted octanol–water partition coefficient (Wildman–Crippen LogP) is -2.38. The Hall–Kier alpha value is -0.206. The average Bonchev–Trinajstić information content (AvgIpc) is 2.55. The molecule has 4 heteroatoms. The molecule has 0 aliphatic carbocycles. The summed E-state index contributed by atoms with van der Waals surface area (Å²) in [7, 11) is 0. The Morgan fingerprint density at radius 3 is 2.39 bits per heavy atom. The molecule has 93 valence electrons. The van der Waals surface area contributed by atoms with Crippen molar-refractivity contribution in [3.8, 4) is 0 Å². The molecule has 18 heavy (non-hydrogen) atoms. The number of hydrogen-bond donors (Lipinski definition) is 0. The first kappa shape index (κ1) is 15.9. The van der Waals surface area contributed by atoms with Gasteiger partial charge in [-0.3, -0.25) is 0 Å². The number of fused-ring (bicyclic) bond motifs is 3. The third-order valence-corrected chi connectivity index (χ3v) is 4.78. The van der Waals surface area contributed by atoms with E-state index >= 15 is 0 Å². The van der Waals surface area contributed by atoms with E-state index in [1.165, 1.54) is 22.0 Å². The second kappa shape index (κ2) is 5.84. The van der Waals surface area contributed by atoms with Crippen molar-refractivity contribution in [3.05, 3.63) is 42.0 Å². The minimum atomic E-state index is 0. The van der Waals surface area contributed by atoms with Crippen LogP contribution in [0.3, 0.4) is 0 Å². The molecule has 2 unspecified atom stereocenters. The molecule has 0 saturated heterocycles. The minimum Gasteiger partial charge on any atom is -1.00 e. The molecule has 0 saturated carbocycles. The van der Waals surface area contributed by atoms with Crippen molar-refractivity contribution in [1.29, 1.82) is 0 Å². The molecule has 0 bridgehead atoms. The molecule has 2 aromatic rings. The van der Waals surface area contributed by atoms with Gasteiger partial charge >= 0.3 is 108 Å². The van der Waals surface area contributed by atoms with E-state index in [9.17, 15) is 0 Å². The molecule has 1 aliphatic heterocycles. The molecule has 2 aromatic carbocycles. The fourth-order valence-corrected chi connectivity index (χ4v) is 3.33. The van der Waals surface area contributed by atoms with E-state index in [2.05, 4.69) is 74.3 Å². The van der Waals surface area contributed by atoms with Crippen LogP contribution in [0.1, 0.15) is 25.3 Å². The molecule has 3 rings (SSSR count). The third-order valence-electron chi connectivity index (χ3n) is 3.79. The van der Waals surface area contributed by atoms with Gasteiger partial charge < -0.3 is 24.8 Å². The monoisotopic (exact) mass is 314 g/mol. The van der Waals surface area contributed by atoms with E-state index < -0.39 is 0 Å². The molecule has 0 N–H and O–H groups in total. The maximum absolute atomic E-state index is 2.42. The number of anilines is 1. The number of nitrogens with zero attached hydrogens (tertiary/aromatic N) is 1. The van der Waals surface area contributed by atoms with Crippen LogP contribution in [0.5, 0.6) is 0 Å². The first-order valence-corrected chi connectivity index (χ1v) is 6.42. The standard InChI is InChI=1S/C14H14N.2ClH.Ti/c1-9-10(2)15-14-12(9)8-7-11-5-3-4-6-13(11)14;;;/h3-10H,1-2H3;2*1H;/q-1;;;+3/p-2. The van der Waals surface area contributed by atoms with Crippen LogP contribution in [0.2, 0.25) is 0 Å². The van der Waals surface area contributed by atoms with E-state index in [1.807, 2.05) is 0 Å². The van der Waals surface area contributed by atoms with Crippen LogP contribution < -0.4 is 28.2 Å². The quantitative estimate of drug-likeness (QED) is 0.491. The molecule has 1 aliphatic rings. The van der Waals surface area contributed by atoms with Gasteiger partial charge in [0.05, 0.1) is 0 Å². The van der Waals surface area contributed by atoms with Crippen LogP contribution in [-0.4, -0.2) is 6.04 Å². The van der Waals surface area contributed by atoms with Gasteiger partial charge in [0.1, 0.15) is 0 Å². The normalized spacial score (nSPS) is 21.2. The SMILES string of the molecule is CC1c2ccc3ccccc3c2[N]([Ti+2])C1C.[Cl-].[Cl-]. The van der Waals surface area contributed by atoms with Crippen LogP contribution in [0, 0.1) is 0 Å². The van der Waals surface area contributed by atoms with Crippen LogP contribution in [0.4, 0.5) is 5.69 Å². The molecule has 0 spiro atoms. The van der Waals surface area contributed by atoms with Gasteiger partial charge in [0, 0.05) is 0 Å². The third kappa shape index (κ3) is 2.18. The minimum absolute atomic E-state index is 0. The van der Waals surface area contributed by atoms with E-state index in [0.29, 0.717) is 12.0 Å². The van der Waals surface area contributed by atoms with Crippen LogP contribution >= 0.6 is 0 Å². The Balaban J connectivity index is 0.000000810. The van der Waals surface area contributed by atoms with E-state index in [-0.39, 0.29) is 24.8 Å². The topological polar surface area (TPSA) is 3.24 Å².